The maximum absolute atomic E-state index is 12.0. The molecule has 104 valence electrons. The van der Waals surface area contributed by atoms with Crippen LogP contribution in [0.25, 0.3) is 0 Å². The first-order chi connectivity index (χ1) is 9.69. The number of carbonyl (C=O) groups excluding carboxylic acids is 1. The molecule has 0 bridgehead atoms. The highest BCUT2D eigenvalue weighted by Gasteiger charge is 2.14. The van der Waals surface area contributed by atoms with Crippen molar-refractivity contribution < 1.29 is 9.90 Å². The van der Waals surface area contributed by atoms with E-state index in [1.807, 2.05) is 30.3 Å². The Kier molecular flexibility index (Phi) is 5.09. The number of aliphatic hydroxyl groups excluding tert-OH is 1. The van der Waals surface area contributed by atoms with Crippen LogP contribution in [0.5, 0.6) is 0 Å². The topological polar surface area (TPSA) is 62.2 Å². The van der Waals surface area contributed by atoms with Gasteiger partial charge in [-0.3, -0.25) is 4.79 Å². The highest BCUT2D eigenvalue weighted by molar-refractivity contribution is 6.29. The molecule has 0 radical (unpaired) electrons. The lowest BCUT2D eigenvalue weighted by Gasteiger charge is -2.16. The Hall–Kier alpha value is -1.91. The van der Waals surface area contributed by atoms with Crippen molar-refractivity contribution in [1.29, 1.82) is 0 Å². The molecule has 0 aliphatic heterocycles. The molecule has 0 saturated heterocycles. The number of hydrogen-bond donors (Lipinski definition) is 2. The van der Waals surface area contributed by atoms with Gasteiger partial charge in [0.2, 0.25) is 0 Å². The van der Waals surface area contributed by atoms with Gasteiger partial charge in [0.25, 0.3) is 5.91 Å². The lowest BCUT2D eigenvalue weighted by molar-refractivity contribution is 0.0911. The lowest BCUT2D eigenvalue weighted by Crippen LogP contribution is -2.39. The second-order valence-electron chi connectivity index (χ2n) is 4.39. The predicted molar refractivity (Wildman–Crippen MR) is 77.7 cm³/mol. The van der Waals surface area contributed by atoms with Crippen LogP contribution in [0.3, 0.4) is 0 Å². The number of halogens is 1. The molecule has 0 aliphatic rings. The van der Waals surface area contributed by atoms with Crippen molar-refractivity contribution in [2.75, 3.05) is 6.61 Å². The van der Waals surface area contributed by atoms with E-state index in [9.17, 15) is 9.90 Å². The van der Waals surface area contributed by atoms with Gasteiger partial charge in [-0.15, -0.1) is 0 Å². The summed E-state index contributed by atoms with van der Waals surface area (Å²) in [4.78, 5) is 16.0. The number of benzene rings is 1. The Balaban J connectivity index is 2.01. The van der Waals surface area contributed by atoms with Crippen molar-refractivity contribution >= 4 is 17.5 Å². The molecule has 20 heavy (non-hydrogen) atoms. The number of rotatable bonds is 5. The Morgan fingerprint density at radius 3 is 2.60 bits per heavy atom. The molecule has 2 N–H and O–H groups in total. The molecular formula is C15H15ClN2O2. The first kappa shape index (κ1) is 14.5. The fourth-order valence-electron chi connectivity index (χ4n) is 1.85. The van der Waals surface area contributed by atoms with Crippen LogP contribution in [-0.2, 0) is 6.42 Å². The normalized spacial score (nSPS) is 11.9. The summed E-state index contributed by atoms with van der Waals surface area (Å²) in [5.74, 6) is -0.345. The third-order valence-corrected chi connectivity index (χ3v) is 3.04. The SMILES string of the molecule is O=C(N[C@@H](CO)Cc1ccccc1)c1cccc(Cl)n1. The van der Waals surface area contributed by atoms with Gasteiger partial charge in [-0.25, -0.2) is 4.98 Å². The summed E-state index contributed by atoms with van der Waals surface area (Å²) in [7, 11) is 0. The lowest BCUT2D eigenvalue weighted by atomic mass is 10.1. The summed E-state index contributed by atoms with van der Waals surface area (Å²) >= 11 is 5.75. The molecule has 0 unspecified atom stereocenters. The molecular weight excluding hydrogens is 276 g/mol. The van der Waals surface area contributed by atoms with E-state index in [0.717, 1.165) is 5.56 Å². The number of aromatic nitrogens is 1. The molecule has 1 heterocycles. The maximum atomic E-state index is 12.0. The monoisotopic (exact) mass is 290 g/mol. The van der Waals surface area contributed by atoms with Gasteiger partial charge in [-0.1, -0.05) is 48.0 Å². The molecule has 2 aromatic rings. The maximum Gasteiger partial charge on any atom is 0.270 e. The molecule has 0 aliphatic carbocycles. The molecule has 4 nitrogen and oxygen atoms in total. The third kappa shape index (κ3) is 4.05. The van der Waals surface area contributed by atoms with Gasteiger partial charge in [-0.2, -0.15) is 0 Å². The van der Waals surface area contributed by atoms with Gasteiger partial charge < -0.3 is 10.4 Å². The molecule has 0 fully saturated rings. The fourth-order valence-corrected chi connectivity index (χ4v) is 2.02. The van der Waals surface area contributed by atoms with E-state index in [2.05, 4.69) is 10.3 Å². The first-order valence-corrected chi connectivity index (χ1v) is 6.65. The molecule has 1 atom stereocenters. The largest absolute Gasteiger partial charge is 0.394 e. The van der Waals surface area contributed by atoms with Gasteiger partial charge >= 0.3 is 0 Å². The van der Waals surface area contributed by atoms with Gasteiger partial charge in [0.15, 0.2) is 0 Å². The van der Waals surface area contributed by atoms with Gasteiger partial charge in [0, 0.05) is 0 Å². The molecule has 1 aromatic carbocycles. The molecule has 2 rings (SSSR count). The van der Waals surface area contributed by atoms with Crippen molar-refractivity contribution in [3.63, 3.8) is 0 Å². The van der Waals surface area contributed by atoms with E-state index in [-0.39, 0.29) is 29.4 Å². The number of hydrogen-bond acceptors (Lipinski definition) is 3. The first-order valence-electron chi connectivity index (χ1n) is 6.27. The summed E-state index contributed by atoms with van der Waals surface area (Å²) in [5.41, 5.74) is 1.29. The van der Waals surface area contributed by atoms with Crippen molar-refractivity contribution in [1.82, 2.24) is 10.3 Å². The van der Waals surface area contributed by atoms with E-state index >= 15 is 0 Å². The van der Waals surface area contributed by atoms with Gasteiger partial charge in [-0.05, 0) is 24.1 Å². The van der Waals surface area contributed by atoms with Crippen LogP contribution in [-0.4, -0.2) is 28.6 Å². The third-order valence-electron chi connectivity index (χ3n) is 2.83. The summed E-state index contributed by atoms with van der Waals surface area (Å²) in [6.07, 6.45) is 0.559. The van der Waals surface area contributed by atoms with E-state index in [1.54, 1.807) is 18.2 Å². The standard InChI is InChI=1S/C15H15ClN2O2/c16-14-8-4-7-13(18-14)15(20)17-12(10-19)9-11-5-2-1-3-6-11/h1-8,12,19H,9-10H2,(H,17,20)/t12-/m1/s1. The van der Waals surface area contributed by atoms with Gasteiger partial charge in [0.1, 0.15) is 10.8 Å². The van der Waals surface area contributed by atoms with E-state index in [4.69, 9.17) is 11.6 Å². The van der Waals surface area contributed by atoms with E-state index in [0.29, 0.717) is 6.42 Å². The molecule has 0 saturated carbocycles. The zero-order valence-electron chi connectivity index (χ0n) is 10.8. The molecule has 1 amide bonds. The predicted octanol–water partition coefficient (Wildman–Crippen LogP) is 2.07. The van der Waals surface area contributed by atoms with Crippen LogP contribution < -0.4 is 5.32 Å². The van der Waals surface area contributed by atoms with Crippen LogP contribution >= 0.6 is 11.6 Å². The molecule has 5 heteroatoms. The Labute approximate surface area is 122 Å². The summed E-state index contributed by atoms with van der Waals surface area (Å²) in [5, 5.41) is 12.4. The highest BCUT2D eigenvalue weighted by atomic mass is 35.5. The minimum Gasteiger partial charge on any atom is -0.394 e. The Morgan fingerprint density at radius 1 is 1.20 bits per heavy atom. The van der Waals surface area contributed by atoms with Crippen molar-refractivity contribution in [2.24, 2.45) is 0 Å². The zero-order chi connectivity index (χ0) is 14.4. The van der Waals surface area contributed by atoms with Crippen LogP contribution in [0.1, 0.15) is 16.1 Å². The van der Waals surface area contributed by atoms with E-state index < -0.39 is 0 Å². The van der Waals surface area contributed by atoms with Crippen LogP contribution in [0, 0.1) is 0 Å². The minimum atomic E-state index is -0.356. The van der Waals surface area contributed by atoms with Crippen molar-refractivity contribution in [3.05, 3.63) is 64.9 Å². The quantitative estimate of drug-likeness (QED) is 0.829. The molecule has 0 spiro atoms. The Morgan fingerprint density at radius 2 is 1.95 bits per heavy atom. The van der Waals surface area contributed by atoms with Crippen LogP contribution in [0.15, 0.2) is 48.5 Å². The van der Waals surface area contributed by atoms with Crippen LogP contribution in [0.2, 0.25) is 5.15 Å². The summed E-state index contributed by atoms with van der Waals surface area (Å²) < 4.78 is 0. The van der Waals surface area contributed by atoms with Gasteiger partial charge in [0.05, 0.1) is 12.6 Å². The zero-order valence-corrected chi connectivity index (χ0v) is 11.5. The molecule has 1 aromatic heterocycles. The Bertz CT molecular complexity index is 575. The fraction of sp³-hybridized carbons (Fsp3) is 0.200. The highest BCUT2D eigenvalue weighted by Crippen LogP contribution is 2.07. The summed E-state index contributed by atoms with van der Waals surface area (Å²) in [6, 6.07) is 14.2. The van der Waals surface area contributed by atoms with Crippen molar-refractivity contribution in [3.8, 4) is 0 Å². The number of carbonyl (C=O) groups is 1. The number of amides is 1. The summed E-state index contributed by atoms with van der Waals surface area (Å²) in [6.45, 7) is -0.138. The second kappa shape index (κ2) is 7.03. The minimum absolute atomic E-state index is 0.138. The smallest absolute Gasteiger partial charge is 0.270 e. The number of aliphatic hydroxyl groups is 1. The average molecular weight is 291 g/mol. The average Bonchev–Trinajstić information content (AvgIpc) is 2.47. The van der Waals surface area contributed by atoms with Crippen molar-refractivity contribution in [2.45, 2.75) is 12.5 Å². The van der Waals surface area contributed by atoms with Crippen LogP contribution in [0.4, 0.5) is 0 Å². The number of pyridine rings is 1. The van der Waals surface area contributed by atoms with E-state index in [1.165, 1.54) is 0 Å². The number of nitrogens with one attached hydrogen (secondary N) is 1. The second-order valence-corrected chi connectivity index (χ2v) is 4.78. The number of nitrogens with zero attached hydrogens (tertiary/aromatic N) is 1.